The summed E-state index contributed by atoms with van der Waals surface area (Å²) in [6.07, 6.45) is -1.29. The van der Waals surface area contributed by atoms with Crippen molar-refractivity contribution in [2.45, 2.75) is 11.0 Å². The second-order valence-corrected chi connectivity index (χ2v) is 9.03. The first-order valence-electron chi connectivity index (χ1n) is 9.69. The van der Waals surface area contributed by atoms with Gasteiger partial charge in [0, 0.05) is 11.3 Å². The van der Waals surface area contributed by atoms with Crippen molar-refractivity contribution in [2.75, 3.05) is 19.5 Å². The van der Waals surface area contributed by atoms with Crippen molar-refractivity contribution in [3.05, 3.63) is 88.9 Å². The number of hydrogen-bond donors (Lipinski definition) is 2. The Labute approximate surface area is 196 Å². The molecule has 0 radical (unpaired) electrons. The third-order valence-electron chi connectivity index (χ3n) is 4.65. The van der Waals surface area contributed by atoms with Crippen molar-refractivity contribution in [3.63, 3.8) is 0 Å². The van der Waals surface area contributed by atoms with Gasteiger partial charge in [-0.1, -0.05) is 41.9 Å². The third kappa shape index (κ3) is 5.89. The highest BCUT2D eigenvalue weighted by Crippen LogP contribution is 2.26. The molecule has 2 N–H and O–H groups in total. The summed E-state index contributed by atoms with van der Waals surface area (Å²) < 4.78 is 37.1. The van der Waals surface area contributed by atoms with Gasteiger partial charge in [0.1, 0.15) is 10.6 Å². The molecule has 1 atom stereocenters. The molecule has 0 unspecified atom stereocenters. The van der Waals surface area contributed by atoms with Gasteiger partial charge in [-0.3, -0.25) is 4.79 Å². The van der Waals surface area contributed by atoms with Crippen LogP contribution < -0.4 is 14.8 Å². The fraction of sp³-hybridized carbons (Fsp3) is 0.130. The molecule has 0 aliphatic carbocycles. The van der Waals surface area contributed by atoms with Crippen molar-refractivity contribution >= 4 is 39.2 Å². The van der Waals surface area contributed by atoms with Crippen LogP contribution in [0.15, 0.2) is 77.7 Å². The van der Waals surface area contributed by atoms with E-state index >= 15 is 0 Å². The molecule has 3 aromatic carbocycles. The molecule has 0 spiro atoms. The molecule has 172 valence electrons. The van der Waals surface area contributed by atoms with Crippen LogP contribution in [0.5, 0.6) is 5.75 Å². The van der Waals surface area contributed by atoms with Crippen LogP contribution >= 0.6 is 11.6 Å². The molecule has 33 heavy (non-hydrogen) atoms. The predicted molar refractivity (Wildman–Crippen MR) is 124 cm³/mol. The van der Waals surface area contributed by atoms with E-state index in [1.807, 2.05) is 0 Å². The van der Waals surface area contributed by atoms with Crippen molar-refractivity contribution in [3.8, 4) is 5.75 Å². The molecular formula is C23H21ClN2O6S. The van der Waals surface area contributed by atoms with Crippen molar-refractivity contribution in [1.82, 2.24) is 4.72 Å². The molecule has 0 heterocycles. The summed E-state index contributed by atoms with van der Waals surface area (Å²) in [5, 5.41) is 2.65. The Balaban J connectivity index is 1.89. The zero-order valence-electron chi connectivity index (χ0n) is 17.7. The van der Waals surface area contributed by atoms with Gasteiger partial charge < -0.3 is 14.8 Å². The van der Waals surface area contributed by atoms with Crippen LogP contribution in [0.3, 0.4) is 0 Å². The summed E-state index contributed by atoms with van der Waals surface area (Å²) in [4.78, 5) is 25.6. The van der Waals surface area contributed by atoms with E-state index in [1.165, 1.54) is 26.3 Å². The van der Waals surface area contributed by atoms with Crippen LogP contribution in [-0.2, 0) is 19.6 Å². The fourth-order valence-corrected chi connectivity index (χ4v) is 4.15. The van der Waals surface area contributed by atoms with E-state index in [-0.39, 0.29) is 15.5 Å². The normalized spacial score (nSPS) is 12.0. The van der Waals surface area contributed by atoms with Crippen LogP contribution in [0.2, 0.25) is 5.02 Å². The number of benzene rings is 3. The lowest BCUT2D eigenvalue weighted by molar-refractivity contribution is -0.125. The third-order valence-corrected chi connectivity index (χ3v) is 6.54. The second kappa shape index (κ2) is 10.5. The molecule has 1 amide bonds. The van der Waals surface area contributed by atoms with Crippen LogP contribution in [0.1, 0.15) is 22.0 Å². The number of anilines is 1. The Morgan fingerprint density at radius 3 is 2.24 bits per heavy atom. The van der Waals surface area contributed by atoms with E-state index < -0.39 is 28.0 Å². The quantitative estimate of drug-likeness (QED) is 0.467. The van der Waals surface area contributed by atoms with Gasteiger partial charge in [-0.2, -0.15) is 0 Å². The minimum Gasteiger partial charge on any atom is -0.497 e. The van der Waals surface area contributed by atoms with Crippen LogP contribution in [-0.4, -0.2) is 34.5 Å². The number of ether oxygens (including phenoxy) is 2. The summed E-state index contributed by atoms with van der Waals surface area (Å²) >= 11 is 5.98. The van der Waals surface area contributed by atoms with Gasteiger partial charge >= 0.3 is 5.97 Å². The Morgan fingerprint density at radius 1 is 0.970 bits per heavy atom. The number of methoxy groups -OCH3 is 1. The highest BCUT2D eigenvalue weighted by molar-refractivity contribution is 7.89. The molecule has 3 rings (SSSR count). The van der Waals surface area contributed by atoms with E-state index in [0.29, 0.717) is 17.0 Å². The zero-order valence-corrected chi connectivity index (χ0v) is 19.3. The number of sulfonamides is 1. The average Bonchev–Trinajstić information content (AvgIpc) is 2.83. The molecule has 0 fully saturated rings. The van der Waals surface area contributed by atoms with Crippen molar-refractivity contribution in [1.29, 1.82) is 0 Å². The lowest BCUT2D eigenvalue weighted by Gasteiger charge is -2.18. The maximum absolute atomic E-state index is 13.0. The van der Waals surface area contributed by atoms with Crippen LogP contribution in [0, 0.1) is 0 Å². The zero-order chi connectivity index (χ0) is 24.0. The number of halogens is 1. The molecule has 0 aliphatic heterocycles. The summed E-state index contributed by atoms with van der Waals surface area (Å²) in [6, 6.07) is 18.8. The van der Waals surface area contributed by atoms with Gasteiger partial charge in [0.05, 0.1) is 17.7 Å². The van der Waals surface area contributed by atoms with Crippen molar-refractivity contribution < 1.29 is 27.5 Å². The van der Waals surface area contributed by atoms with Gasteiger partial charge in [0.25, 0.3) is 5.91 Å². The molecule has 0 saturated carbocycles. The van der Waals surface area contributed by atoms with Crippen LogP contribution in [0.25, 0.3) is 0 Å². The smallest absolute Gasteiger partial charge is 0.339 e. The molecular weight excluding hydrogens is 468 g/mol. The topological polar surface area (TPSA) is 111 Å². The average molecular weight is 489 g/mol. The first kappa shape index (κ1) is 24.2. The van der Waals surface area contributed by atoms with E-state index in [1.54, 1.807) is 54.6 Å². The van der Waals surface area contributed by atoms with Gasteiger partial charge in [-0.05, 0) is 49.5 Å². The second-order valence-electron chi connectivity index (χ2n) is 6.77. The molecule has 0 aromatic heterocycles. The summed E-state index contributed by atoms with van der Waals surface area (Å²) in [5.41, 5.74) is 0.840. The van der Waals surface area contributed by atoms with Gasteiger partial charge in [0.15, 0.2) is 0 Å². The predicted octanol–water partition coefficient (Wildman–Crippen LogP) is 3.79. The number of nitrogens with one attached hydrogen (secondary N) is 2. The van der Waals surface area contributed by atoms with Gasteiger partial charge in [0.2, 0.25) is 16.1 Å². The van der Waals surface area contributed by atoms with E-state index in [9.17, 15) is 18.0 Å². The molecule has 3 aromatic rings. The highest BCUT2D eigenvalue weighted by atomic mass is 35.5. The standard InChI is InChI=1S/C23H21ClN2O6S/c1-25-33(29,30)20-14-16(8-13-19(20)24)23(28)32-21(15-6-4-3-5-7-15)22(27)26-17-9-11-18(31-2)12-10-17/h3-14,21,25H,1-2H3,(H,26,27)/t21-/m1/s1. The van der Waals surface area contributed by atoms with Crippen molar-refractivity contribution in [2.24, 2.45) is 0 Å². The molecule has 0 aliphatic rings. The largest absolute Gasteiger partial charge is 0.497 e. The molecule has 0 bridgehead atoms. The number of rotatable bonds is 8. The van der Waals surface area contributed by atoms with Gasteiger partial charge in [-0.15, -0.1) is 0 Å². The monoisotopic (exact) mass is 488 g/mol. The number of hydrogen-bond acceptors (Lipinski definition) is 6. The maximum Gasteiger partial charge on any atom is 0.339 e. The lowest BCUT2D eigenvalue weighted by Crippen LogP contribution is -2.26. The Morgan fingerprint density at radius 2 is 1.64 bits per heavy atom. The van der Waals surface area contributed by atoms with E-state index in [0.717, 1.165) is 6.07 Å². The van der Waals surface area contributed by atoms with Gasteiger partial charge in [-0.25, -0.2) is 17.9 Å². The SMILES string of the molecule is CNS(=O)(=O)c1cc(C(=O)O[C@@H](C(=O)Nc2ccc(OC)cc2)c2ccccc2)ccc1Cl. The van der Waals surface area contributed by atoms with E-state index in [2.05, 4.69) is 10.0 Å². The first-order chi connectivity index (χ1) is 15.7. The maximum atomic E-state index is 13.0. The number of amides is 1. The minimum atomic E-state index is -3.91. The summed E-state index contributed by atoms with van der Waals surface area (Å²) in [5.74, 6) is -0.858. The fourth-order valence-electron chi connectivity index (χ4n) is 2.90. The Bertz CT molecular complexity index is 1250. The molecule has 10 heteroatoms. The Kier molecular flexibility index (Phi) is 7.70. The summed E-state index contributed by atoms with van der Waals surface area (Å²) in [7, 11) is -1.15. The highest BCUT2D eigenvalue weighted by Gasteiger charge is 2.27. The minimum absolute atomic E-state index is 0.0576. The van der Waals surface area contributed by atoms with Crippen LogP contribution in [0.4, 0.5) is 5.69 Å². The Hall–Kier alpha value is -3.40. The number of esters is 1. The number of carbonyl (C=O) groups is 2. The number of carbonyl (C=O) groups excluding carboxylic acids is 2. The molecule has 8 nitrogen and oxygen atoms in total. The lowest BCUT2D eigenvalue weighted by atomic mass is 10.1. The summed E-state index contributed by atoms with van der Waals surface area (Å²) in [6.45, 7) is 0. The molecule has 0 saturated heterocycles. The first-order valence-corrected chi connectivity index (χ1v) is 11.5. The van der Waals surface area contributed by atoms with E-state index in [4.69, 9.17) is 21.1 Å².